The summed E-state index contributed by atoms with van der Waals surface area (Å²) in [5, 5.41) is 0.611. The Morgan fingerprint density at radius 2 is 2.00 bits per heavy atom. The van der Waals surface area contributed by atoms with Crippen molar-refractivity contribution < 1.29 is 4.79 Å². The fraction of sp³-hybridized carbons (Fsp3) is 0.857. The molecule has 2 atom stereocenters. The molecule has 0 spiro atoms. The van der Waals surface area contributed by atoms with Gasteiger partial charge in [-0.05, 0) is 35.2 Å². The van der Waals surface area contributed by atoms with E-state index in [1.165, 1.54) is 23.6 Å². The Morgan fingerprint density at radius 1 is 1.33 bits per heavy atom. The van der Waals surface area contributed by atoms with Gasteiger partial charge in [-0.3, -0.25) is 4.79 Å². The predicted molar refractivity (Wildman–Crippen MR) is 58.3 cm³/mol. The first kappa shape index (κ1) is 11.0. The minimum atomic E-state index is -0.352. The van der Waals surface area contributed by atoms with Crippen LogP contribution < -0.4 is 0 Å². The van der Waals surface area contributed by atoms with Gasteiger partial charge in [-0.25, -0.2) is 0 Å². The first-order valence-electron chi connectivity index (χ1n) is 3.87. The molecule has 1 rings (SSSR count). The highest BCUT2D eigenvalue weighted by Crippen LogP contribution is 2.39. The molecule has 5 heteroatoms. The monoisotopic (exact) mass is 244 g/mol. The molecule has 0 aromatic rings. The molecule has 1 saturated carbocycles. The molecule has 0 N–H and O–H groups in total. The van der Waals surface area contributed by atoms with Crippen LogP contribution in [-0.2, 0) is 0 Å². The summed E-state index contributed by atoms with van der Waals surface area (Å²) >= 11 is 11.3. The second-order valence-corrected chi connectivity index (χ2v) is 6.30. The molecular formula is C7H10Cl2OS2. The van der Waals surface area contributed by atoms with Crippen LogP contribution in [0.2, 0.25) is 0 Å². The summed E-state index contributed by atoms with van der Waals surface area (Å²) in [5.41, 5.74) is 0. The van der Waals surface area contributed by atoms with Crippen LogP contribution in [0, 0.1) is 0 Å². The maximum Gasteiger partial charge on any atom is 0.290 e. The number of carbonyl (C=O) groups excluding carboxylic acids is 1. The summed E-state index contributed by atoms with van der Waals surface area (Å²) in [5.74, 6) is 0. The first-order chi connectivity index (χ1) is 5.70. The summed E-state index contributed by atoms with van der Waals surface area (Å²) in [6.45, 7) is 0. The largest absolute Gasteiger partial charge is 0.290 e. The topological polar surface area (TPSA) is 17.1 Å². The molecule has 0 amide bonds. The highest BCUT2D eigenvalue weighted by Gasteiger charge is 2.24. The van der Waals surface area contributed by atoms with E-state index in [1.807, 2.05) is 0 Å². The van der Waals surface area contributed by atoms with Crippen LogP contribution in [-0.4, -0.2) is 15.2 Å². The van der Waals surface area contributed by atoms with Crippen molar-refractivity contribution in [2.75, 3.05) is 0 Å². The molecule has 0 aliphatic heterocycles. The first-order valence-corrected chi connectivity index (χ1v) is 6.90. The standard InChI is InChI=1S/C7H10Cl2OS2/c8-5-3-1-2-4-6(5)11-12-7(9)10/h5-6H,1-4H2. The molecule has 1 fully saturated rings. The smallest absolute Gasteiger partial charge is 0.267 e. The van der Waals surface area contributed by atoms with E-state index >= 15 is 0 Å². The molecule has 0 heterocycles. The summed E-state index contributed by atoms with van der Waals surface area (Å²) < 4.78 is -0.352. The van der Waals surface area contributed by atoms with Crippen LogP contribution >= 0.6 is 44.8 Å². The average molecular weight is 245 g/mol. The van der Waals surface area contributed by atoms with Crippen LogP contribution in [0.1, 0.15) is 25.7 Å². The third-order valence-electron chi connectivity index (χ3n) is 1.86. The van der Waals surface area contributed by atoms with Gasteiger partial charge >= 0.3 is 0 Å². The molecule has 2 unspecified atom stereocenters. The lowest BCUT2D eigenvalue weighted by molar-refractivity contribution is 0.276. The van der Waals surface area contributed by atoms with Crippen LogP contribution in [0.3, 0.4) is 0 Å². The van der Waals surface area contributed by atoms with Gasteiger partial charge in [0.05, 0.1) is 0 Å². The third kappa shape index (κ3) is 3.77. The SMILES string of the molecule is O=C(Cl)SSC1CCCCC1Cl. The van der Waals surface area contributed by atoms with Crippen molar-refractivity contribution in [3.63, 3.8) is 0 Å². The van der Waals surface area contributed by atoms with Gasteiger partial charge in [0, 0.05) is 10.6 Å². The molecule has 0 aromatic heterocycles. The van der Waals surface area contributed by atoms with E-state index in [0.717, 1.165) is 23.6 Å². The second-order valence-electron chi connectivity index (χ2n) is 2.76. The number of carbonyl (C=O) groups is 1. The zero-order valence-corrected chi connectivity index (χ0v) is 9.61. The van der Waals surface area contributed by atoms with Crippen molar-refractivity contribution in [1.82, 2.24) is 0 Å². The molecule has 0 radical (unpaired) electrons. The second kappa shape index (κ2) is 5.63. The maximum absolute atomic E-state index is 10.5. The number of hydrogen-bond donors (Lipinski definition) is 0. The van der Waals surface area contributed by atoms with Gasteiger partial charge in [-0.1, -0.05) is 23.6 Å². The molecule has 70 valence electrons. The molecule has 0 bridgehead atoms. The van der Waals surface area contributed by atoms with Crippen LogP contribution in [0.15, 0.2) is 0 Å². The lowest BCUT2D eigenvalue weighted by Crippen LogP contribution is -2.21. The Hall–Kier alpha value is 0.950. The van der Waals surface area contributed by atoms with Gasteiger partial charge in [0.25, 0.3) is 4.57 Å². The van der Waals surface area contributed by atoms with Gasteiger partial charge in [-0.15, -0.1) is 11.6 Å². The Labute approximate surface area is 90.3 Å². The van der Waals surface area contributed by atoms with E-state index < -0.39 is 0 Å². The highest BCUT2D eigenvalue weighted by molar-refractivity contribution is 8.83. The quantitative estimate of drug-likeness (QED) is 0.410. The lowest BCUT2D eigenvalue weighted by Gasteiger charge is -2.24. The highest BCUT2D eigenvalue weighted by atomic mass is 35.5. The van der Waals surface area contributed by atoms with Gasteiger partial charge in [0.1, 0.15) is 0 Å². The predicted octanol–water partition coefficient (Wildman–Crippen LogP) is 4.28. The fourth-order valence-corrected chi connectivity index (χ4v) is 4.21. The van der Waals surface area contributed by atoms with Crippen molar-refractivity contribution in [2.45, 2.75) is 36.3 Å². The molecule has 1 nitrogen and oxygen atoms in total. The van der Waals surface area contributed by atoms with Gasteiger partial charge in [0.2, 0.25) is 0 Å². The Bertz CT molecular complexity index is 165. The van der Waals surface area contributed by atoms with Crippen LogP contribution in [0.4, 0.5) is 4.79 Å². The van der Waals surface area contributed by atoms with Crippen molar-refractivity contribution in [1.29, 1.82) is 0 Å². The minimum Gasteiger partial charge on any atom is -0.267 e. The Morgan fingerprint density at radius 3 is 2.58 bits per heavy atom. The summed E-state index contributed by atoms with van der Waals surface area (Å²) in [7, 11) is 2.62. The molecular weight excluding hydrogens is 235 g/mol. The molecule has 0 saturated heterocycles. The van der Waals surface area contributed by atoms with Crippen LogP contribution in [0.25, 0.3) is 0 Å². The molecule has 0 aromatic carbocycles. The van der Waals surface area contributed by atoms with Crippen molar-refractivity contribution in [3.05, 3.63) is 0 Å². The Balaban J connectivity index is 2.24. The molecule has 1 aliphatic carbocycles. The number of rotatable bonds is 2. The van der Waals surface area contributed by atoms with E-state index in [-0.39, 0.29) is 9.95 Å². The van der Waals surface area contributed by atoms with Crippen molar-refractivity contribution in [3.8, 4) is 0 Å². The number of hydrogen-bond acceptors (Lipinski definition) is 3. The normalized spacial score (nSPS) is 30.2. The molecule has 12 heavy (non-hydrogen) atoms. The van der Waals surface area contributed by atoms with Crippen molar-refractivity contribution in [2.24, 2.45) is 0 Å². The summed E-state index contributed by atoms with van der Waals surface area (Å²) in [6, 6.07) is 0. The minimum absolute atomic E-state index is 0.215. The summed E-state index contributed by atoms with van der Waals surface area (Å²) in [4.78, 5) is 10.5. The van der Waals surface area contributed by atoms with Gasteiger partial charge in [-0.2, -0.15) is 0 Å². The van der Waals surface area contributed by atoms with E-state index in [2.05, 4.69) is 0 Å². The van der Waals surface area contributed by atoms with E-state index in [1.54, 1.807) is 0 Å². The fourth-order valence-electron chi connectivity index (χ4n) is 1.26. The maximum atomic E-state index is 10.5. The van der Waals surface area contributed by atoms with Gasteiger partial charge in [0.15, 0.2) is 0 Å². The molecule has 1 aliphatic rings. The summed E-state index contributed by atoms with van der Waals surface area (Å²) in [6.07, 6.45) is 4.61. The zero-order valence-electron chi connectivity index (χ0n) is 6.46. The van der Waals surface area contributed by atoms with E-state index in [9.17, 15) is 4.79 Å². The van der Waals surface area contributed by atoms with E-state index in [0.29, 0.717) is 5.25 Å². The average Bonchev–Trinajstić information content (AvgIpc) is 2.03. The van der Waals surface area contributed by atoms with Gasteiger partial charge < -0.3 is 0 Å². The van der Waals surface area contributed by atoms with Crippen LogP contribution in [0.5, 0.6) is 0 Å². The lowest BCUT2D eigenvalue weighted by atomic mass is 10.00. The van der Waals surface area contributed by atoms with Crippen molar-refractivity contribution >= 4 is 49.4 Å². The van der Waals surface area contributed by atoms with E-state index in [4.69, 9.17) is 23.2 Å². The number of halogens is 2. The Kier molecular flexibility index (Phi) is 5.18. The number of alkyl halides is 1. The zero-order chi connectivity index (χ0) is 8.97. The third-order valence-corrected chi connectivity index (χ3v) is 5.56.